The minimum absolute atomic E-state index is 0. The van der Waals surface area contributed by atoms with Crippen molar-refractivity contribution in [3.63, 3.8) is 0 Å². The Kier molecular flexibility index (Phi) is 8.94. The second kappa shape index (κ2) is 11.2. The Morgan fingerprint density at radius 2 is 1.93 bits per heavy atom. The zero-order chi connectivity index (χ0) is 19.9. The summed E-state index contributed by atoms with van der Waals surface area (Å²) < 4.78 is 7.57. The first-order valence-electron chi connectivity index (χ1n) is 10.0. The van der Waals surface area contributed by atoms with Crippen LogP contribution in [0.1, 0.15) is 56.8 Å². The molecule has 0 saturated carbocycles. The van der Waals surface area contributed by atoms with Crippen LogP contribution in [0.4, 0.5) is 0 Å². The van der Waals surface area contributed by atoms with Crippen molar-refractivity contribution in [3.05, 3.63) is 47.6 Å². The fraction of sp³-hybridized carbons (Fsp3) is 0.476. The molecule has 0 unspecified atom stereocenters. The topological polar surface area (TPSA) is 80.3 Å². The zero-order valence-electron chi connectivity index (χ0n) is 17.6. The number of aryl methyl sites for hydroxylation is 1. The van der Waals surface area contributed by atoms with Crippen LogP contribution in [0.25, 0.3) is 11.0 Å². The van der Waals surface area contributed by atoms with Crippen molar-refractivity contribution in [2.75, 3.05) is 6.54 Å². The van der Waals surface area contributed by atoms with E-state index >= 15 is 0 Å². The van der Waals surface area contributed by atoms with Gasteiger partial charge in [0.15, 0.2) is 11.7 Å². The maximum absolute atomic E-state index is 5.49. The summed E-state index contributed by atoms with van der Waals surface area (Å²) in [7, 11) is 2.02. The number of hydrogen-bond acceptors (Lipinski definition) is 4. The van der Waals surface area contributed by atoms with Gasteiger partial charge in [0, 0.05) is 25.6 Å². The van der Waals surface area contributed by atoms with Gasteiger partial charge in [-0.2, -0.15) is 0 Å². The van der Waals surface area contributed by atoms with Crippen LogP contribution < -0.4 is 10.6 Å². The number of rotatable bonds is 8. The lowest BCUT2D eigenvalue weighted by Gasteiger charge is -2.10. The van der Waals surface area contributed by atoms with E-state index in [1.54, 1.807) is 0 Å². The highest BCUT2D eigenvalue weighted by Gasteiger charge is 2.13. The van der Waals surface area contributed by atoms with E-state index in [0.717, 1.165) is 53.7 Å². The van der Waals surface area contributed by atoms with Gasteiger partial charge in [0.1, 0.15) is 12.4 Å². The highest BCUT2D eigenvalue weighted by Crippen LogP contribution is 2.22. The SMILES string of the molecule is CCNC(=NCc1nc2ccccc2n1C)NCc1cc(C(CC)CC)no1.I. The smallest absolute Gasteiger partial charge is 0.192 e. The lowest BCUT2D eigenvalue weighted by molar-refractivity contribution is 0.368. The van der Waals surface area contributed by atoms with Crippen LogP contribution in [-0.2, 0) is 20.1 Å². The second-order valence-electron chi connectivity index (χ2n) is 6.86. The van der Waals surface area contributed by atoms with Crippen molar-refractivity contribution >= 4 is 41.0 Å². The van der Waals surface area contributed by atoms with E-state index in [9.17, 15) is 0 Å². The first-order chi connectivity index (χ1) is 13.7. The summed E-state index contributed by atoms with van der Waals surface area (Å²) >= 11 is 0. The molecule has 7 nitrogen and oxygen atoms in total. The molecule has 2 aromatic heterocycles. The van der Waals surface area contributed by atoms with E-state index in [0.29, 0.717) is 19.0 Å². The van der Waals surface area contributed by atoms with Crippen molar-refractivity contribution < 1.29 is 4.52 Å². The van der Waals surface area contributed by atoms with Gasteiger partial charge in [-0.05, 0) is 31.9 Å². The number of nitrogens with zero attached hydrogens (tertiary/aromatic N) is 4. The van der Waals surface area contributed by atoms with Crippen LogP contribution >= 0.6 is 24.0 Å². The number of hydrogen-bond donors (Lipinski definition) is 2. The van der Waals surface area contributed by atoms with Crippen molar-refractivity contribution in [1.29, 1.82) is 0 Å². The number of halogens is 1. The quantitative estimate of drug-likeness (QED) is 0.268. The average molecular weight is 510 g/mol. The van der Waals surface area contributed by atoms with Crippen molar-refractivity contribution in [1.82, 2.24) is 25.3 Å². The van der Waals surface area contributed by atoms with Crippen molar-refractivity contribution in [3.8, 4) is 0 Å². The maximum atomic E-state index is 5.49. The molecule has 29 heavy (non-hydrogen) atoms. The standard InChI is InChI=1S/C21H30N6O.HI/c1-5-15(6-2)18-12-16(28-26-18)13-23-21(22-7-3)24-14-20-25-17-10-8-9-11-19(17)27(20)4;/h8-12,15H,5-7,13-14H2,1-4H3,(H2,22,23,24);1H. The van der Waals surface area contributed by atoms with Gasteiger partial charge in [-0.1, -0.05) is 31.1 Å². The Labute approximate surface area is 189 Å². The molecule has 0 fully saturated rings. The van der Waals surface area contributed by atoms with E-state index in [-0.39, 0.29) is 24.0 Å². The molecular weight excluding hydrogens is 479 g/mol. The van der Waals surface area contributed by atoms with Crippen molar-refractivity contribution in [2.24, 2.45) is 12.0 Å². The summed E-state index contributed by atoms with van der Waals surface area (Å²) in [6.07, 6.45) is 2.13. The number of aromatic nitrogens is 3. The van der Waals surface area contributed by atoms with E-state index < -0.39 is 0 Å². The Morgan fingerprint density at radius 3 is 2.62 bits per heavy atom. The first-order valence-corrected chi connectivity index (χ1v) is 10.0. The van der Waals surface area contributed by atoms with Crippen LogP contribution in [0, 0.1) is 0 Å². The molecule has 0 atom stereocenters. The first kappa shape index (κ1) is 23.2. The van der Waals surface area contributed by atoms with Crippen LogP contribution in [0.3, 0.4) is 0 Å². The lowest BCUT2D eigenvalue weighted by Crippen LogP contribution is -2.36. The summed E-state index contributed by atoms with van der Waals surface area (Å²) in [5.41, 5.74) is 3.13. The highest BCUT2D eigenvalue weighted by atomic mass is 127. The molecule has 0 saturated heterocycles. The van der Waals surface area contributed by atoms with Gasteiger partial charge >= 0.3 is 0 Å². The largest absolute Gasteiger partial charge is 0.359 e. The average Bonchev–Trinajstić information content (AvgIpc) is 3.30. The van der Waals surface area contributed by atoms with Crippen LogP contribution in [-0.4, -0.2) is 27.2 Å². The minimum atomic E-state index is 0. The monoisotopic (exact) mass is 510 g/mol. The van der Waals surface area contributed by atoms with Gasteiger partial charge in [-0.3, -0.25) is 0 Å². The third-order valence-electron chi connectivity index (χ3n) is 5.01. The molecule has 3 aromatic rings. The normalized spacial score (nSPS) is 11.7. The maximum Gasteiger partial charge on any atom is 0.192 e. The summed E-state index contributed by atoms with van der Waals surface area (Å²) in [5, 5.41) is 10.8. The number of imidazole rings is 1. The molecule has 0 aliphatic carbocycles. The third kappa shape index (κ3) is 5.71. The Bertz CT molecular complexity index is 928. The Hall–Kier alpha value is -2.10. The summed E-state index contributed by atoms with van der Waals surface area (Å²) in [4.78, 5) is 9.35. The number of para-hydroxylation sites is 2. The molecule has 0 amide bonds. The molecular formula is C21H31IN6O. The van der Waals surface area contributed by atoms with E-state index in [4.69, 9.17) is 4.52 Å². The number of aliphatic imine (C=N–C) groups is 1. The predicted octanol–water partition coefficient (Wildman–Crippen LogP) is 4.34. The minimum Gasteiger partial charge on any atom is -0.359 e. The molecule has 0 radical (unpaired) electrons. The fourth-order valence-corrected chi connectivity index (χ4v) is 3.31. The Balaban J connectivity index is 0.00000300. The van der Waals surface area contributed by atoms with Gasteiger partial charge in [0.25, 0.3) is 0 Å². The van der Waals surface area contributed by atoms with Gasteiger partial charge in [0.2, 0.25) is 0 Å². The van der Waals surface area contributed by atoms with Gasteiger partial charge in [-0.15, -0.1) is 24.0 Å². The number of nitrogens with one attached hydrogen (secondary N) is 2. The van der Waals surface area contributed by atoms with Crippen LogP contribution in [0.2, 0.25) is 0 Å². The number of fused-ring (bicyclic) bond motifs is 1. The predicted molar refractivity (Wildman–Crippen MR) is 128 cm³/mol. The number of benzene rings is 1. The Morgan fingerprint density at radius 1 is 1.17 bits per heavy atom. The van der Waals surface area contributed by atoms with E-state index in [1.807, 2.05) is 38.2 Å². The van der Waals surface area contributed by atoms with Gasteiger partial charge < -0.3 is 19.7 Å². The van der Waals surface area contributed by atoms with Crippen LogP contribution in [0.15, 0.2) is 39.8 Å². The van der Waals surface area contributed by atoms with E-state index in [2.05, 4.69) is 50.2 Å². The molecule has 0 aliphatic heterocycles. The van der Waals surface area contributed by atoms with Gasteiger partial charge in [-0.25, -0.2) is 9.98 Å². The van der Waals surface area contributed by atoms with Crippen LogP contribution in [0.5, 0.6) is 0 Å². The summed E-state index contributed by atoms with van der Waals surface area (Å²) in [6, 6.07) is 10.2. The van der Waals surface area contributed by atoms with E-state index in [1.165, 1.54) is 0 Å². The molecule has 0 bridgehead atoms. The molecule has 1 aromatic carbocycles. The molecule has 8 heteroatoms. The molecule has 3 rings (SSSR count). The molecule has 158 valence electrons. The van der Waals surface area contributed by atoms with Crippen molar-refractivity contribution in [2.45, 2.75) is 52.6 Å². The third-order valence-corrected chi connectivity index (χ3v) is 5.01. The molecule has 0 aliphatic rings. The summed E-state index contributed by atoms with van der Waals surface area (Å²) in [6.45, 7) is 8.22. The fourth-order valence-electron chi connectivity index (χ4n) is 3.31. The molecule has 2 N–H and O–H groups in total. The zero-order valence-corrected chi connectivity index (χ0v) is 19.9. The molecule has 2 heterocycles. The number of guanidine groups is 1. The van der Waals surface area contributed by atoms with Gasteiger partial charge in [0.05, 0.1) is 23.3 Å². The highest BCUT2D eigenvalue weighted by molar-refractivity contribution is 14.0. The molecule has 0 spiro atoms. The summed E-state index contributed by atoms with van der Waals surface area (Å²) in [5.74, 6) is 2.93. The second-order valence-corrected chi connectivity index (χ2v) is 6.86. The lowest BCUT2D eigenvalue weighted by atomic mass is 9.99.